The molecular formula is C70H44. The van der Waals surface area contributed by atoms with Gasteiger partial charge in [-0.15, -0.1) is 0 Å². The van der Waals surface area contributed by atoms with E-state index in [0.717, 1.165) is 0 Å². The molecule has 70 heavy (non-hydrogen) atoms. The molecule has 0 amide bonds. The number of hydrogen-bond donors (Lipinski definition) is 0. The van der Waals surface area contributed by atoms with Gasteiger partial charge in [0, 0.05) is 5.41 Å². The minimum absolute atomic E-state index is 0.486. The number of benzene rings is 13. The van der Waals surface area contributed by atoms with Gasteiger partial charge in [-0.2, -0.15) is 0 Å². The second-order valence-corrected chi connectivity index (χ2v) is 19.6. The lowest BCUT2D eigenvalue weighted by Gasteiger charge is -2.32. The fraction of sp³-hybridized carbons (Fsp3) is 0.0286. The first kappa shape index (κ1) is 39.2. The van der Waals surface area contributed by atoms with Gasteiger partial charge in [0.15, 0.2) is 0 Å². The third kappa shape index (κ3) is 5.59. The van der Waals surface area contributed by atoms with E-state index in [1.54, 1.807) is 0 Å². The van der Waals surface area contributed by atoms with E-state index in [0.29, 0.717) is 0 Å². The number of fused-ring (bicyclic) bond motifs is 14. The van der Waals surface area contributed by atoms with Crippen LogP contribution in [0.5, 0.6) is 0 Å². The zero-order valence-corrected chi connectivity index (χ0v) is 38.7. The van der Waals surface area contributed by atoms with E-state index in [9.17, 15) is 0 Å². The molecule has 0 nitrogen and oxygen atoms in total. The van der Waals surface area contributed by atoms with E-state index in [1.807, 2.05) is 0 Å². The van der Waals surface area contributed by atoms with E-state index in [-0.39, 0.29) is 0 Å². The number of hydrogen-bond acceptors (Lipinski definition) is 0. The second kappa shape index (κ2) is 14.8. The summed E-state index contributed by atoms with van der Waals surface area (Å²) in [6, 6.07) is 94.1. The highest BCUT2D eigenvalue weighted by molar-refractivity contribution is 6.29. The quantitative estimate of drug-likeness (QED) is 0.155. The minimum Gasteiger partial charge on any atom is -0.0622 e. The second-order valence-electron chi connectivity index (χ2n) is 19.6. The predicted molar refractivity (Wildman–Crippen MR) is 298 cm³/mol. The van der Waals surface area contributed by atoms with Gasteiger partial charge in [-0.3, -0.25) is 0 Å². The Labute approximate surface area is 407 Å². The van der Waals surface area contributed by atoms with Crippen molar-refractivity contribution in [3.8, 4) is 77.9 Å². The summed E-state index contributed by atoms with van der Waals surface area (Å²) >= 11 is 0. The van der Waals surface area contributed by atoms with Crippen molar-refractivity contribution >= 4 is 53.9 Å². The third-order valence-electron chi connectivity index (χ3n) is 16.0. The summed E-state index contributed by atoms with van der Waals surface area (Å²) in [7, 11) is 0. The smallest absolute Gasteiger partial charge is 0.0448 e. The van der Waals surface area contributed by atoms with Crippen LogP contribution in [0.25, 0.3) is 132 Å². The summed E-state index contributed by atoms with van der Waals surface area (Å²) in [6.45, 7) is 2.51. The first-order chi connectivity index (χ1) is 34.6. The topological polar surface area (TPSA) is 0 Å². The largest absolute Gasteiger partial charge is 0.0622 e. The average Bonchev–Trinajstić information content (AvgIpc) is 3.69. The molecule has 1 unspecified atom stereocenters. The fourth-order valence-corrected chi connectivity index (χ4v) is 12.8. The van der Waals surface area contributed by atoms with Gasteiger partial charge in [0.25, 0.3) is 0 Å². The summed E-state index contributed by atoms with van der Waals surface area (Å²) in [6.07, 6.45) is 0. The summed E-state index contributed by atoms with van der Waals surface area (Å²) < 4.78 is 0. The summed E-state index contributed by atoms with van der Waals surface area (Å²) in [5, 5.41) is 12.6. The molecule has 0 aromatic heterocycles. The first-order valence-corrected chi connectivity index (χ1v) is 24.6. The zero-order chi connectivity index (χ0) is 46.1. The van der Waals surface area contributed by atoms with Crippen LogP contribution in [-0.2, 0) is 5.41 Å². The monoisotopic (exact) mass is 884 g/mol. The molecule has 0 spiro atoms. The molecule has 0 fully saturated rings. The van der Waals surface area contributed by atoms with Crippen LogP contribution in [-0.4, -0.2) is 0 Å². The molecule has 0 radical (unpaired) electrons. The standard InChI is InChI=1S/C70H44/c1-70-63-41-51(43-14-3-2-4-15-43)31-33-57(63)58-34-32-54(42-64(58)70)66-60-25-12-11-24-59(60)65(53-22-13-21-49(40-53)50-28-26-44-16-5-7-19-47(44)38-50)67-55(52-29-27-45-17-6-8-20-48(45)39-52)36-37-61(68(66)67)62-35-30-46-18-9-10-23-56(46)69(62)70/h2-42H,1H3. The van der Waals surface area contributed by atoms with Gasteiger partial charge >= 0.3 is 0 Å². The highest BCUT2D eigenvalue weighted by Gasteiger charge is 2.44. The van der Waals surface area contributed by atoms with Crippen LogP contribution in [0.2, 0.25) is 0 Å². The van der Waals surface area contributed by atoms with Gasteiger partial charge in [-0.05, 0) is 186 Å². The van der Waals surface area contributed by atoms with Gasteiger partial charge in [0.2, 0.25) is 0 Å². The van der Waals surface area contributed by atoms with Gasteiger partial charge < -0.3 is 0 Å². The summed E-state index contributed by atoms with van der Waals surface area (Å²) in [5.41, 5.74) is 21.0. The maximum Gasteiger partial charge on any atom is 0.0448 e. The molecule has 0 saturated heterocycles. The van der Waals surface area contributed by atoms with Crippen molar-refractivity contribution in [3.63, 3.8) is 0 Å². The van der Waals surface area contributed by atoms with Crippen molar-refractivity contribution in [2.24, 2.45) is 0 Å². The fourth-order valence-electron chi connectivity index (χ4n) is 12.8. The van der Waals surface area contributed by atoms with Crippen LogP contribution in [0.4, 0.5) is 0 Å². The van der Waals surface area contributed by atoms with Crippen LogP contribution in [0, 0.1) is 0 Å². The molecule has 324 valence electrons. The lowest BCUT2D eigenvalue weighted by atomic mass is 9.69. The van der Waals surface area contributed by atoms with Crippen LogP contribution < -0.4 is 0 Å². The Morgan fingerprint density at radius 3 is 1.39 bits per heavy atom. The predicted octanol–water partition coefficient (Wildman–Crippen LogP) is 19.1. The van der Waals surface area contributed by atoms with Crippen LogP contribution in [0.15, 0.2) is 249 Å². The summed E-state index contributed by atoms with van der Waals surface area (Å²) in [5.74, 6) is 0. The van der Waals surface area contributed by atoms with Crippen molar-refractivity contribution in [1.82, 2.24) is 0 Å². The molecule has 15 rings (SSSR count). The molecule has 0 heterocycles. The molecule has 13 aromatic carbocycles. The van der Waals surface area contributed by atoms with Crippen LogP contribution in [0.3, 0.4) is 0 Å². The number of rotatable bonds is 4. The average molecular weight is 885 g/mol. The van der Waals surface area contributed by atoms with E-state index < -0.39 is 5.41 Å². The lowest BCUT2D eigenvalue weighted by molar-refractivity contribution is 0.724. The van der Waals surface area contributed by atoms with E-state index >= 15 is 0 Å². The van der Waals surface area contributed by atoms with Crippen molar-refractivity contribution in [3.05, 3.63) is 265 Å². The maximum atomic E-state index is 2.57. The van der Waals surface area contributed by atoms with Crippen LogP contribution >= 0.6 is 0 Å². The van der Waals surface area contributed by atoms with E-state index in [2.05, 4.69) is 256 Å². The summed E-state index contributed by atoms with van der Waals surface area (Å²) in [4.78, 5) is 0. The Bertz CT molecular complexity index is 4360. The van der Waals surface area contributed by atoms with Crippen molar-refractivity contribution in [1.29, 1.82) is 0 Å². The Kier molecular flexibility index (Phi) is 8.30. The minimum atomic E-state index is -0.486. The van der Waals surface area contributed by atoms with Gasteiger partial charge in [-0.1, -0.05) is 218 Å². The highest BCUT2D eigenvalue weighted by Crippen LogP contribution is 2.60. The van der Waals surface area contributed by atoms with E-state index in [1.165, 1.54) is 148 Å². The Morgan fingerprint density at radius 2 is 0.671 bits per heavy atom. The molecule has 2 aliphatic carbocycles. The van der Waals surface area contributed by atoms with Crippen LogP contribution in [0.1, 0.15) is 23.6 Å². The SMILES string of the molecule is CC12c3cc(-c4ccccc4)ccc3-c3ccc(cc31)-c1c3ccccc3c(-c3cccc(-c4ccc5ccccc5c4)c3)c3c(-c4ccc5ccccc5c4)ccc(c13)-c1ccc3ccccc3c12. The Morgan fingerprint density at radius 1 is 0.243 bits per heavy atom. The molecule has 2 bridgehead atoms. The maximum absolute atomic E-state index is 2.57. The molecule has 0 aliphatic heterocycles. The third-order valence-corrected chi connectivity index (χ3v) is 16.0. The van der Waals surface area contributed by atoms with Gasteiger partial charge in [-0.25, -0.2) is 0 Å². The molecule has 13 aromatic rings. The van der Waals surface area contributed by atoms with Crippen molar-refractivity contribution < 1.29 is 0 Å². The van der Waals surface area contributed by atoms with Gasteiger partial charge in [0.05, 0.1) is 0 Å². The van der Waals surface area contributed by atoms with Crippen molar-refractivity contribution in [2.45, 2.75) is 12.3 Å². The molecular weight excluding hydrogens is 841 g/mol. The molecule has 0 heteroatoms. The Hall–Kier alpha value is -8.84. The molecule has 0 saturated carbocycles. The first-order valence-electron chi connectivity index (χ1n) is 24.6. The van der Waals surface area contributed by atoms with E-state index in [4.69, 9.17) is 0 Å². The molecule has 1 atom stereocenters. The molecule has 0 N–H and O–H groups in total. The van der Waals surface area contributed by atoms with Crippen molar-refractivity contribution in [2.75, 3.05) is 0 Å². The normalized spacial score (nSPS) is 14.4. The zero-order valence-electron chi connectivity index (χ0n) is 38.7. The van der Waals surface area contributed by atoms with Gasteiger partial charge in [0.1, 0.15) is 0 Å². The highest BCUT2D eigenvalue weighted by atomic mass is 14.5. The lowest BCUT2D eigenvalue weighted by Crippen LogP contribution is -2.24. The Balaban J connectivity index is 1.11. The molecule has 2 aliphatic rings.